The van der Waals surface area contributed by atoms with E-state index in [1.165, 1.54) is 5.56 Å². The lowest BCUT2D eigenvalue weighted by Gasteiger charge is -2.14. The Morgan fingerprint density at radius 1 is 1.03 bits per heavy atom. The molecule has 2 aromatic carbocycles. The summed E-state index contributed by atoms with van der Waals surface area (Å²) < 4.78 is 12.6. The SMILES string of the molecule is COc1cccc(Cn2nccc2NC(=O)Cc2ccc(CC(C)C)cc2)c1OC. The molecule has 1 aromatic heterocycles. The van der Waals surface area contributed by atoms with Crippen LogP contribution < -0.4 is 14.8 Å². The van der Waals surface area contributed by atoms with Crippen LogP contribution in [0.15, 0.2) is 54.7 Å². The summed E-state index contributed by atoms with van der Waals surface area (Å²) in [4.78, 5) is 12.6. The van der Waals surface area contributed by atoms with Crippen LogP contribution in [0.3, 0.4) is 0 Å². The molecule has 6 heteroatoms. The topological polar surface area (TPSA) is 65.4 Å². The number of hydrogen-bond donors (Lipinski definition) is 1. The first-order valence-electron chi connectivity index (χ1n) is 10.1. The monoisotopic (exact) mass is 407 g/mol. The van der Waals surface area contributed by atoms with Crippen molar-refractivity contribution in [3.05, 3.63) is 71.4 Å². The minimum atomic E-state index is -0.0778. The molecule has 3 aromatic rings. The first-order chi connectivity index (χ1) is 14.5. The molecule has 3 rings (SSSR count). The molecule has 0 atom stereocenters. The van der Waals surface area contributed by atoms with Crippen LogP contribution in [-0.2, 0) is 24.2 Å². The van der Waals surface area contributed by atoms with Crippen molar-refractivity contribution >= 4 is 11.7 Å². The summed E-state index contributed by atoms with van der Waals surface area (Å²) in [5, 5.41) is 7.31. The van der Waals surface area contributed by atoms with Crippen LogP contribution in [-0.4, -0.2) is 29.9 Å². The van der Waals surface area contributed by atoms with Crippen molar-refractivity contribution in [3.63, 3.8) is 0 Å². The molecule has 0 fully saturated rings. The molecule has 158 valence electrons. The number of rotatable bonds is 9. The summed E-state index contributed by atoms with van der Waals surface area (Å²) in [6.07, 6.45) is 3.03. The molecular formula is C24H29N3O3. The van der Waals surface area contributed by atoms with Gasteiger partial charge in [0.15, 0.2) is 11.5 Å². The lowest BCUT2D eigenvalue weighted by molar-refractivity contribution is -0.115. The lowest BCUT2D eigenvalue weighted by Crippen LogP contribution is -2.18. The first kappa shape index (κ1) is 21.4. The predicted molar refractivity (Wildman–Crippen MR) is 118 cm³/mol. The van der Waals surface area contributed by atoms with E-state index in [0.29, 0.717) is 36.2 Å². The van der Waals surface area contributed by atoms with Gasteiger partial charge in [0.1, 0.15) is 5.82 Å². The predicted octanol–water partition coefficient (Wildman–Crippen LogP) is 4.33. The van der Waals surface area contributed by atoms with Crippen LogP contribution in [0.1, 0.15) is 30.5 Å². The number of aromatic nitrogens is 2. The van der Waals surface area contributed by atoms with E-state index in [9.17, 15) is 4.79 Å². The van der Waals surface area contributed by atoms with Crippen molar-refractivity contribution in [1.82, 2.24) is 9.78 Å². The number of benzene rings is 2. The van der Waals surface area contributed by atoms with Gasteiger partial charge in [0, 0.05) is 11.6 Å². The summed E-state index contributed by atoms with van der Waals surface area (Å²) in [7, 11) is 3.22. The molecule has 1 amide bonds. The number of amides is 1. The van der Waals surface area contributed by atoms with Crippen LogP contribution in [0.5, 0.6) is 11.5 Å². The molecule has 0 saturated carbocycles. The normalized spacial score (nSPS) is 10.8. The van der Waals surface area contributed by atoms with Crippen molar-refractivity contribution in [2.24, 2.45) is 5.92 Å². The summed E-state index contributed by atoms with van der Waals surface area (Å²) >= 11 is 0. The second kappa shape index (κ2) is 9.96. The van der Waals surface area contributed by atoms with Crippen molar-refractivity contribution in [2.45, 2.75) is 33.2 Å². The highest BCUT2D eigenvalue weighted by Gasteiger charge is 2.13. The third-order valence-corrected chi connectivity index (χ3v) is 4.82. The molecule has 30 heavy (non-hydrogen) atoms. The standard InChI is InChI=1S/C24H29N3O3/c1-17(2)14-18-8-10-19(11-9-18)15-23(28)26-22-12-13-25-27(22)16-20-6-5-7-21(29-3)24(20)30-4/h5-13,17H,14-16H2,1-4H3,(H,26,28). The van der Waals surface area contributed by atoms with Gasteiger partial charge in [-0.15, -0.1) is 0 Å². The van der Waals surface area contributed by atoms with Crippen molar-refractivity contribution in [1.29, 1.82) is 0 Å². The maximum absolute atomic E-state index is 12.6. The number of methoxy groups -OCH3 is 2. The van der Waals surface area contributed by atoms with E-state index < -0.39 is 0 Å². The van der Waals surface area contributed by atoms with E-state index in [4.69, 9.17) is 9.47 Å². The molecule has 0 spiro atoms. The Balaban J connectivity index is 1.67. The summed E-state index contributed by atoms with van der Waals surface area (Å²) in [6, 6.07) is 15.7. The molecule has 0 saturated heterocycles. The largest absolute Gasteiger partial charge is 0.493 e. The fourth-order valence-corrected chi connectivity index (χ4v) is 3.44. The number of carbonyl (C=O) groups excluding carboxylic acids is 1. The Kier molecular flexibility index (Phi) is 7.12. The van der Waals surface area contributed by atoms with Crippen LogP contribution in [0, 0.1) is 5.92 Å². The molecule has 1 heterocycles. The van der Waals surface area contributed by atoms with Gasteiger partial charge in [-0.3, -0.25) is 4.79 Å². The van der Waals surface area contributed by atoms with Crippen molar-refractivity contribution in [3.8, 4) is 11.5 Å². The van der Waals surface area contributed by atoms with Gasteiger partial charge in [0.2, 0.25) is 5.91 Å². The Bertz CT molecular complexity index is 978. The van der Waals surface area contributed by atoms with Gasteiger partial charge >= 0.3 is 0 Å². The maximum Gasteiger partial charge on any atom is 0.229 e. The zero-order valence-electron chi connectivity index (χ0n) is 18.0. The van der Waals surface area contributed by atoms with Gasteiger partial charge in [-0.25, -0.2) is 4.68 Å². The average molecular weight is 408 g/mol. The number of nitrogens with one attached hydrogen (secondary N) is 1. The number of carbonyl (C=O) groups is 1. The first-order valence-corrected chi connectivity index (χ1v) is 10.1. The molecule has 0 radical (unpaired) electrons. The summed E-state index contributed by atoms with van der Waals surface area (Å²) in [5.41, 5.74) is 3.19. The lowest BCUT2D eigenvalue weighted by atomic mass is 10.0. The number of nitrogens with zero attached hydrogens (tertiary/aromatic N) is 2. The van der Waals surface area contributed by atoms with E-state index in [0.717, 1.165) is 17.5 Å². The summed E-state index contributed by atoms with van der Waals surface area (Å²) in [5.74, 6) is 2.50. The van der Waals surface area contributed by atoms with E-state index in [1.807, 2.05) is 30.3 Å². The molecule has 0 aliphatic rings. The molecule has 0 aliphatic carbocycles. The number of anilines is 1. The maximum atomic E-state index is 12.6. The molecular weight excluding hydrogens is 378 g/mol. The molecule has 0 bridgehead atoms. The second-order valence-corrected chi connectivity index (χ2v) is 7.67. The fraction of sp³-hybridized carbons (Fsp3) is 0.333. The smallest absolute Gasteiger partial charge is 0.229 e. The fourth-order valence-electron chi connectivity index (χ4n) is 3.44. The number of para-hydroxylation sites is 1. The molecule has 0 unspecified atom stereocenters. The Morgan fingerprint density at radius 2 is 1.77 bits per heavy atom. The molecule has 6 nitrogen and oxygen atoms in total. The second-order valence-electron chi connectivity index (χ2n) is 7.67. The number of ether oxygens (including phenoxy) is 2. The Morgan fingerprint density at radius 3 is 2.43 bits per heavy atom. The van der Waals surface area contributed by atoms with Gasteiger partial charge in [-0.2, -0.15) is 5.10 Å². The van der Waals surface area contributed by atoms with Gasteiger partial charge in [-0.05, 0) is 29.5 Å². The van der Waals surface area contributed by atoms with E-state index >= 15 is 0 Å². The van der Waals surface area contributed by atoms with Gasteiger partial charge in [0.25, 0.3) is 0 Å². The zero-order valence-corrected chi connectivity index (χ0v) is 18.0. The van der Waals surface area contributed by atoms with Crippen LogP contribution in [0.4, 0.5) is 5.82 Å². The quantitative estimate of drug-likeness (QED) is 0.573. The van der Waals surface area contributed by atoms with Crippen molar-refractivity contribution < 1.29 is 14.3 Å². The minimum Gasteiger partial charge on any atom is -0.493 e. The minimum absolute atomic E-state index is 0.0778. The van der Waals surface area contributed by atoms with E-state index in [-0.39, 0.29) is 5.91 Å². The third kappa shape index (κ3) is 5.41. The van der Waals surface area contributed by atoms with Crippen LogP contribution in [0.2, 0.25) is 0 Å². The van der Waals surface area contributed by atoms with E-state index in [2.05, 4.69) is 36.4 Å². The average Bonchev–Trinajstić information content (AvgIpc) is 3.15. The summed E-state index contributed by atoms with van der Waals surface area (Å²) in [6.45, 7) is 4.85. The highest BCUT2D eigenvalue weighted by Crippen LogP contribution is 2.31. The van der Waals surface area contributed by atoms with Crippen molar-refractivity contribution in [2.75, 3.05) is 19.5 Å². The van der Waals surface area contributed by atoms with Gasteiger partial charge in [0.05, 0.1) is 33.4 Å². The highest BCUT2D eigenvalue weighted by molar-refractivity contribution is 5.91. The van der Waals surface area contributed by atoms with Gasteiger partial charge < -0.3 is 14.8 Å². The van der Waals surface area contributed by atoms with Crippen LogP contribution >= 0.6 is 0 Å². The molecule has 0 aliphatic heterocycles. The zero-order chi connectivity index (χ0) is 21.5. The van der Waals surface area contributed by atoms with E-state index in [1.54, 1.807) is 31.2 Å². The molecule has 1 N–H and O–H groups in total. The van der Waals surface area contributed by atoms with Gasteiger partial charge in [-0.1, -0.05) is 50.2 Å². The third-order valence-electron chi connectivity index (χ3n) is 4.82. The highest BCUT2D eigenvalue weighted by atomic mass is 16.5. The number of hydrogen-bond acceptors (Lipinski definition) is 4. The Labute approximate surface area is 177 Å². The Hall–Kier alpha value is -3.28. The van der Waals surface area contributed by atoms with Crippen LogP contribution in [0.25, 0.3) is 0 Å².